The van der Waals surface area contributed by atoms with E-state index in [2.05, 4.69) is 5.32 Å². The fourth-order valence-electron chi connectivity index (χ4n) is 2.52. The first-order valence-electron chi connectivity index (χ1n) is 8.75. The topological polar surface area (TPSA) is 73.9 Å². The van der Waals surface area contributed by atoms with Gasteiger partial charge in [-0.2, -0.15) is 0 Å². The normalized spacial score (nSPS) is 11.4. The molecule has 0 spiro atoms. The summed E-state index contributed by atoms with van der Waals surface area (Å²) in [6, 6.07) is 14.9. The van der Waals surface area contributed by atoms with Gasteiger partial charge in [0.25, 0.3) is 5.91 Å². The Balaban J connectivity index is 1.76. The highest BCUT2D eigenvalue weighted by Gasteiger charge is 2.18. The number of benzene rings is 2. The van der Waals surface area contributed by atoms with Crippen molar-refractivity contribution >= 4 is 11.9 Å². The summed E-state index contributed by atoms with van der Waals surface area (Å²) in [4.78, 5) is 24.1. The predicted octanol–water partition coefficient (Wildman–Crippen LogP) is 2.88. The summed E-state index contributed by atoms with van der Waals surface area (Å²) in [7, 11) is 3.18. The first kappa shape index (κ1) is 20.3. The van der Waals surface area contributed by atoms with Crippen LogP contribution in [0.25, 0.3) is 0 Å². The van der Waals surface area contributed by atoms with Crippen molar-refractivity contribution in [1.29, 1.82) is 0 Å². The number of carbonyl (C=O) groups is 2. The molecule has 0 heterocycles. The van der Waals surface area contributed by atoms with Gasteiger partial charge in [0.15, 0.2) is 6.10 Å². The van der Waals surface area contributed by atoms with Crippen LogP contribution in [0.4, 0.5) is 0 Å². The van der Waals surface area contributed by atoms with Gasteiger partial charge < -0.3 is 19.5 Å². The second-order valence-electron chi connectivity index (χ2n) is 6.01. The highest BCUT2D eigenvalue weighted by molar-refractivity contribution is 5.83. The summed E-state index contributed by atoms with van der Waals surface area (Å²) < 4.78 is 15.6. The molecule has 0 unspecified atom stereocenters. The zero-order valence-electron chi connectivity index (χ0n) is 15.9. The lowest BCUT2D eigenvalue weighted by Gasteiger charge is -2.14. The van der Waals surface area contributed by atoms with E-state index in [1.807, 2.05) is 48.5 Å². The molecule has 0 saturated carbocycles. The van der Waals surface area contributed by atoms with Crippen LogP contribution in [-0.2, 0) is 27.3 Å². The van der Waals surface area contributed by atoms with E-state index in [1.54, 1.807) is 21.1 Å². The van der Waals surface area contributed by atoms with E-state index in [4.69, 9.17) is 14.2 Å². The van der Waals surface area contributed by atoms with E-state index in [-0.39, 0.29) is 12.3 Å². The quantitative estimate of drug-likeness (QED) is 0.686. The number of rotatable bonds is 9. The minimum Gasteiger partial charge on any atom is -0.497 e. The molecule has 27 heavy (non-hydrogen) atoms. The Labute approximate surface area is 159 Å². The molecule has 0 fully saturated rings. The maximum absolute atomic E-state index is 12.2. The van der Waals surface area contributed by atoms with E-state index in [0.717, 1.165) is 16.9 Å². The molecule has 0 aromatic heterocycles. The van der Waals surface area contributed by atoms with Gasteiger partial charge in [-0.25, -0.2) is 0 Å². The minimum absolute atomic E-state index is 0.205. The number of esters is 1. The average Bonchev–Trinajstić information content (AvgIpc) is 2.70. The number of carbonyl (C=O) groups excluding carboxylic acids is 2. The number of hydrogen-bond donors (Lipinski definition) is 1. The second-order valence-corrected chi connectivity index (χ2v) is 6.01. The summed E-state index contributed by atoms with van der Waals surface area (Å²) in [5, 5.41) is 2.76. The fourth-order valence-corrected chi connectivity index (χ4v) is 2.52. The number of nitrogens with one attached hydrogen (secondary N) is 1. The van der Waals surface area contributed by atoms with Gasteiger partial charge >= 0.3 is 5.97 Å². The van der Waals surface area contributed by atoms with Gasteiger partial charge in [0.05, 0.1) is 14.2 Å². The molecule has 1 amide bonds. The number of para-hydroxylation sites is 1. The lowest BCUT2D eigenvalue weighted by molar-refractivity contribution is -0.154. The number of ether oxygens (including phenoxy) is 3. The van der Waals surface area contributed by atoms with Crippen LogP contribution in [-0.4, -0.2) is 32.2 Å². The van der Waals surface area contributed by atoms with E-state index >= 15 is 0 Å². The molecule has 1 N–H and O–H groups in total. The third-order valence-electron chi connectivity index (χ3n) is 4.10. The molecule has 2 rings (SSSR count). The van der Waals surface area contributed by atoms with Crippen molar-refractivity contribution in [2.75, 3.05) is 14.2 Å². The molecule has 2 aromatic carbocycles. The molecule has 6 heteroatoms. The number of hydrogen-bond acceptors (Lipinski definition) is 5. The minimum atomic E-state index is -0.858. The monoisotopic (exact) mass is 371 g/mol. The van der Waals surface area contributed by atoms with Crippen LogP contribution in [0, 0.1) is 0 Å². The Kier molecular flexibility index (Phi) is 7.67. The Morgan fingerprint density at radius 3 is 2.37 bits per heavy atom. The Morgan fingerprint density at radius 1 is 1.00 bits per heavy atom. The zero-order valence-corrected chi connectivity index (χ0v) is 15.9. The van der Waals surface area contributed by atoms with E-state index in [1.165, 1.54) is 0 Å². The molecule has 0 radical (unpaired) electrons. The highest BCUT2D eigenvalue weighted by atomic mass is 16.5. The van der Waals surface area contributed by atoms with Crippen LogP contribution < -0.4 is 14.8 Å². The van der Waals surface area contributed by atoms with Gasteiger partial charge in [0, 0.05) is 18.5 Å². The summed E-state index contributed by atoms with van der Waals surface area (Å²) in [6.45, 7) is 1.86. The highest BCUT2D eigenvalue weighted by Crippen LogP contribution is 2.17. The van der Waals surface area contributed by atoms with Crippen molar-refractivity contribution in [3.8, 4) is 11.5 Å². The molecule has 0 saturated heterocycles. The van der Waals surface area contributed by atoms with Crippen molar-refractivity contribution in [2.45, 2.75) is 32.4 Å². The van der Waals surface area contributed by atoms with Crippen molar-refractivity contribution < 1.29 is 23.8 Å². The lowest BCUT2D eigenvalue weighted by atomic mass is 10.1. The van der Waals surface area contributed by atoms with Crippen LogP contribution in [0.2, 0.25) is 0 Å². The molecular formula is C21H25NO5. The van der Waals surface area contributed by atoms with Crippen molar-refractivity contribution in [3.63, 3.8) is 0 Å². The molecule has 6 nitrogen and oxygen atoms in total. The largest absolute Gasteiger partial charge is 0.497 e. The van der Waals surface area contributed by atoms with Crippen molar-refractivity contribution in [3.05, 3.63) is 59.7 Å². The third-order valence-corrected chi connectivity index (χ3v) is 4.10. The maximum Gasteiger partial charge on any atom is 0.306 e. The van der Waals surface area contributed by atoms with Gasteiger partial charge in [-0.1, -0.05) is 30.3 Å². The number of amides is 1. The van der Waals surface area contributed by atoms with Gasteiger partial charge in [-0.05, 0) is 37.1 Å². The number of methoxy groups -OCH3 is 2. The molecule has 0 bridgehead atoms. The van der Waals surface area contributed by atoms with E-state index in [0.29, 0.717) is 18.7 Å². The van der Waals surface area contributed by atoms with Gasteiger partial charge in [0.1, 0.15) is 11.5 Å². The third kappa shape index (κ3) is 6.33. The lowest BCUT2D eigenvalue weighted by Crippen LogP contribution is -2.35. The van der Waals surface area contributed by atoms with Crippen LogP contribution in [0.5, 0.6) is 11.5 Å². The Hall–Kier alpha value is -3.02. The summed E-state index contributed by atoms with van der Waals surface area (Å²) in [5.41, 5.74) is 1.85. The first-order valence-corrected chi connectivity index (χ1v) is 8.75. The van der Waals surface area contributed by atoms with E-state index < -0.39 is 12.1 Å². The first-order chi connectivity index (χ1) is 13.0. The van der Waals surface area contributed by atoms with Gasteiger partial charge in [-0.3, -0.25) is 9.59 Å². The summed E-state index contributed by atoms with van der Waals surface area (Å²) >= 11 is 0. The Morgan fingerprint density at radius 2 is 1.70 bits per heavy atom. The molecule has 2 aromatic rings. The smallest absolute Gasteiger partial charge is 0.306 e. The van der Waals surface area contributed by atoms with Gasteiger partial charge in [-0.15, -0.1) is 0 Å². The van der Waals surface area contributed by atoms with Crippen LogP contribution in [0.3, 0.4) is 0 Å². The van der Waals surface area contributed by atoms with E-state index in [9.17, 15) is 9.59 Å². The molecule has 0 aliphatic carbocycles. The summed E-state index contributed by atoms with van der Waals surface area (Å²) in [5.74, 6) is 0.702. The molecule has 0 aliphatic rings. The summed E-state index contributed by atoms with van der Waals surface area (Å²) in [6.07, 6.45) is -0.113. The van der Waals surface area contributed by atoms with Crippen LogP contribution in [0.15, 0.2) is 48.5 Å². The second kappa shape index (κ2) is 10.2. The Bertz CT molecular complexity index is 757. The van der Waals surface area contributed by atoms with Gasteiger partial charge in [0.2, 0.25) is 0 Å². The zero-order chi connectivity index (χ0) is 19.6. The predicted molar refractivity (Wildman–Crippen MR) is 102 cm³/mol. The van der Waals surface area contributed by atoms with Crippen molar-refractivity contribution in [1.82, 2.24) is 5.32 Å². The number of aryl methyl sites for hydroxylation is 1. The standard InChI is InChI=1S/C21H25NO5/c1-15(21(24)22-14-17-6-4-5-7-19(17)26-3)27-20(23)13-10-16-8-11-18(25-2)12-9-16/h4-9,11-12,15H,10,13-14H2,1-3H3,(H,22,24)/t15-/m0/s1. The van der Waals surface area contributed by atoms with Crippen LogP contribution >= 0.6 is 0 Å². The molecule has 0 aliphatic heterocycles. The van der Waals surface area contributed by atoms with Crippen LogP contribution in [0.1, 0.15) is 24.5 Å². The fraction of sp³-hybridized carbons (Fsp3) is 0.333. The molecular weight excluding hydrogens is 346 g/mol. The molecule has 1 atom stereocenters. The molecule has 144 valence electrons. The SMILES string of the molecule is COc1ccc(CCC(=O)O[C@@H](C)C(=O)NCc2ccccc2OC)cc1. The van der Waals surface area contributed by atoms with Crippen molar-refractivity contribution in [2.24, 2.45) is 0 Å². The maximum atomic E-state index is 12.2. The average molecular weight is 371 g/mol.